The molecular weight excluding hydrogens is 242 g/mol. The van der Waals surface area contributed by atoms with Crippen LogP contribution in [0.3, 0.4) is 0 Å². The van der Waals surface area contributed by atoms with Crippen LogP contribution in [-0.4, -0.2) is 35.8 Å². The highest BCUT2D eigenvalue weighted by Gasteiger charge is 2.33. The molecule has 0 aromatic rings. The summed E-state index contributed by atoms with van der Waals surface area (Å²) in [5.41, 5.74) is 7.21. The minimum Gasteiger partial charge on any atom is -0.369 e. The van der Waals surface area contributed by atoms with Crippen LogP contribution in [0.4, 0.5) is 4.79 Å². The molecule has 3 amide bonds. The van der Waals surface area contributed by atoms with Crippen LogP contribution in [0, 0.1) is 5.92 Å². The lowest BCUT2D eigenvalue weighted by molar-refractivity contribution is -0.121. The van der Waals surface area contributed by atoms with Crippen LogP contribution in [0.1, 0.15) is 19.3 Å². The number of nitrogens with zero attached hydrogens (tertiary/aromatic N) is 1. The van der Waals surface area contributed by atoms with Gasteiger partial charge in [0.05, 0.1) is 5.92 Å². The van der Waals surface area contributed by atoms with Crippen molar-refractivity contribution in [3.63, 3.8) is 0 Å². The first kappa shape index (κ1) is 12.2. The Labute approximate surface area is 105 Å². The second-order valence-corrected chi connectivity index (χ2v) is 4.78. The molecule has 0 spiro atoms. The minimum absolute atomic E-state index is 0.183. The van der Waals surface area contributed by atoms with E-state index in [1.165, 1.54) is 0 Å². The molecule has 1 atom stereocenters. The number of carbonyl (C=O) groups is 2. The lowest BCUT2D eigenvalue weighted by Gasteiger charge is -2.36. The molecule has 0 radical (unpaired) electrons. The summed E-state index contributed by atoms with van der Waals surface area (Å²) in [4.78, 5) is 24.8. The first-order valence-corrected chi connectivity index (χ1v) is 6.30. The number of primary amides is 1. The zero-order chi connectivity index (χ0) is 12.4. The fourth-order valence-corrected chi connectivity index (χ4v) is 2.65. The quantitative estimate of drug-likeness (QED) is 0.734. The van der Waals surface area contributed by atoms with E-state index in [-0.39, 0.29) is 17.9 Å². The van der Waals surface area contributed by atoms with E-state index in [0.717, 1.165) is 30.5 Å². The standard InChI is InChI=1S/C11H16ClN3O2/c12-4-5-15-6-7-2-1-3-8(10(13)16)9(7)14-11(15)17/h8H,1-6H2,(H2,13,16)(H,14,17)/t8-/m0/s1. The van der Waals surface area contributed by atoms with Gasteiger partial charge in [-0.15, -0.1) is 11.6 Å². The van der Waals surface area contributed by atoms with Crippen LogP contribution >= 0.6 is 11.6 Å². The number of hydrogen-bond acceptors (Lipinski definition) is 2. The average molecular weight is 258 g/mol. The molecule has 0 saturated heterocycles. The van der Waals surface area contributed by atoms with Crippen molar-refractivity contribution in [3.05, 3.63) is 11.3 Å². The van der Waals surface area contributed by atoms with E-state index in [9.17, 15) is 9.59 Å². The number of amides is 3. The molecule has 0 aromatic carbocycles. The van der Waals surface area contributed by atoms with Crippen molar-refractivity contribution in [1.29, 1.82) is 0 Å². The third-order valence-electron chi connectivity index (χ3n) is 3.31. The highest BCUT2D eigenvalue weighted by atomic mass is 35.5. The third-order valence-corrected chi connectivity index (χ3v) is 3.48. The van der Waals surface area contributed by atoms with Crippen LogP contribution in [0.15, 0.2) is 11.3 Å². The number of urea groups is 1. The topological polar surface area (TPSA) is 75.4 Å². The Bertz CT molecular complexity index is 381. The maximum Gasteiger partial charge on any atom is 0.321 e. The SMILES string of the molecule is NC(=O)[C@H]1CCCC2=C1NC(=O)N(CCCl)C2. The number of hydrogen-bond donors (Lipinski definition) is 2. The van der Waals surface area contributed by atoms with E-state index in [2.05, 4.69) is 5.32 Å². The molecule has 6 heteroatoms. The van der Waals surface area contributed by atoms with Crippen LogP contribution in [0.5, 0.6) is 0 Å². The third kappa shape index (κ3) is 2.39. The zero-order valence-electron chi connectivity index (χ0n) is 9.54. The summed E-state index contributed by atoms with van der Waals surface area (Å²) >= 11 is 5.64. The Morgan fingerprint density at radius 2 is 2.35 bits per heavy atom. The van der Waals surface area contributed by atoms with E-state index in [0.29, 0.717) is 19.0 Å². The van der Waals surface area contributed by atoms with Crippen molar-refractivity contribution < 1.29 is 9.59 Å². The lowest BCUT2D eigenvalue weighted by Crippen LogP contribution is -2.50. The molecule has 3 N–H and O–H groups in total. The molecule has 0 aromatic heterocycles. The lowest BCUT2D eigenvalue weighted by atomic mass is 9.85. The molecule has 17 heavy (non-hydrogen) atoms. The van der Waals surface area contributed by atoms with Crippen molar-refractivity contribution in [2.75, 3.05) is 19.0 Å². The second kappa shape index (κ2) is 4.96. The average Bonchev–Trinajstić information content (AvgIpc) is 2.29. The van der Waals surface area contributed by atoms with Crippen molar-refractivity contribution in [1.82, 2.24) is 10.2 Å². The van der Waals surface area contributed by atoms with Crippen LogP contribution < -0.4 is 11.1 Å². The Morgan fingerprint density at radius 1 is 1.59 bits per heavy atom. The molecule has 1 aliphatic heterocycles. The van der Waals surface area contributed by atoms with Crippen molar-refractivity contribution >= 4 is 23.5 Å². The predicted molar refractivity (Wildman–Crippen MR) is 64.4 cm³/mol. The van der Waals surface area contributed by atoms with Gasteiger partial charge < -0.3 is 16.0 Å². The van der Waals surface area contributed by atoms with Crippen molar-refractivity contribution in [2.45, 2.75) is 19.3 Å². The highest BCUT2D eigenvalue weighted by molar-refractivity contribution is 6.18. The molecule has 0 saturated carbocycles. The number of alkyl halides is 1. The first-order valence-electron chi connectivity index (χ1n) is 5.76. The van der Waals surface area contributed by atoms with Crippen LogP contribution in [-0.2, 0) is 4.79 Å². The van der Waals surface area contributed by atoms with Crippen LogP contribution in [0.25, 0.3) is 0 Å². The van der Waals surface area contributed by atoms with Crippen molar-refractivity contribution in [2.24, 2.45) is 11.7 Å². The van der Waals surface area contributed by atoms with Gasteiger partial charge in [0, 0.05) is 24.7 Å². The summed E-state index contributed by atoms with van der Waals surface area (Å²) in [6.45, 7) is 1.09. The second-order valence-electron chi connectivity index (χ2n) is 4.41. The monoisotopic (exact) mass is 257 g/mol. The maximum atomic E-state index is 11.8. The van der Waals surface area contributed by atoms with Gasteiger partial charge in [0.2, 0.25) is 5.91 Å². The maximum absolute atomic E-state index is 11.8. The summed E-state index contributed by atoms with van der Waals surface area (Å²) in [7, 11) is 0. The Morgan fingerprint density at radius 3 is 3.00 bits per heavy atom. The first-order chi connectivity index (χ1) is 8.13. The summed E-state index contributed by atoms with van der Waals surface area (Å²) in [6.07, 6.45) is 2.58. The van der Waals surface area contributed by atoms with Gasteiger partial charge in [-0.3, -0.25) is 4.79 Å². The van der Waals surface area contributed by atoms with E-state index < -0.39 is 0 Å². The normalized spacial score (nSPS) is 24.4. The number of nitrogens with two attached hydrogens (primary N) is 1. The fourth-order valence-electron chi connectivity index (χ4n) is 2.45. The summed E-state index contributed by atoms with van der Waals surface area (Å²) in [6, 6.07) is -0.183. The molecule has 1 aliphatic carbocycles. The molecule has 0 unspecified atom stereocenters. The largest absolute Gasteiger partial charge is 0.369 e. The number of nitrogens with one attached hydrogen (secondary N) is 1. The molecule has 2 aliphatic rings. The molecule has 0 bridgehead atoms. The van der Waals surface area contributed by atoms with Gasteiger partial charge >= 0.3 is 6.03 Å². The molecular formula is C11H16ClN3O2. The molecule has 5 nitrogen and oxygen atoms in total. The minimum atomic E-state index is -0.358. The zero-order valence-corrected chi connectivity index (χ0v) is 10.3. The van der Waals surface area contributed by atoms with E-state index >= 15 is 0 Å². The van der Waals surface area contributed by atoms with Gasteiger partial charge in [-0.25, -0.2) is 4.79 Å². The van der Waals surface area contributed by atoms with Crippen LogP contribution in [0.2, 0.25) is 0 Å². The van der Waals surface area contributed by atoms with Gasteiger partial charge in [0.1, 0.15) is 0 Å². The molecule has 94 valence electrons. The highest BCUT2D eigenvalue weighted by Crippen LogP contribution is 2.31. The summed E-state index contributed by atoms with van der Waals surface area (Å²) < 4.78 is 0. The predicted octanol–water partition coefficient (Wildman–Crippen LogP) is 0.790. The number of halogens is 1. The smallest absolute Gasteiger partial charge is 0.321 e. The Hall–Kier alpha value is -1.23. The fraction of sp³-hybridized carbons (Fsp3) is 0.636. The number of carbonyl (C=O) groups excluding carboxylic acids is 2. The summed E-state index contributed by atoms with van der Waals surface area (Å²) in [5, 5.41) is 2.79. The van der Waals surface area contributed by atoms with E-state index in [1.54, 1.807) is 4.90 Å². The van der Waals surface area contributed by atoms with Gasteiger partial charge in [-0.2, -0.15) is 0 Å². The van der Waals surface area contributed by atoms with Gasteiger partial charge in [-0.05, 0) is 24.8 Å². The van der Waals surface area contributed by atoms with Crippen molar-refractivity contribution in [3.8, 4) is 0 Å². The Kier molecular flexibility index (Phi) is 3.57. The Balaban J connectivity index is 2.21. The molecule has 2 rings (SSSR count). The molecule has 0 fully saturated rings. The van der Waals surface area contributed by atoms with Gasteiger partial charge in [0.25, 0.3) is 0 Å². The molecule has 1 heterocycles. The van der Waals surface area contributed by atoms with Gasteiger partial charge in [-0.1, -0.05) is 0 Å². The number of rotatable bonds is 3. The van der Waals surface area contributed by atoms with E-state index in [1.807, 2.05) is 0 Å². The summed E-state index contributed by atoms with van der Waals surface area (Å²) in [5.74, 6) is -0.279. The van der Waals surface area contributed by atoms with Gasteiger partial charge in [0.15, 0.2) is 0 Å². The van der Waals surface area contributed by atoms with E-state index in [4.69, 9.17) is 17.3 Å².